The highest BCUT2D eigenvalue weighted by molar-refractivity contribution is 5.91. The maximum absolute atomic E-state index is 12.3. The average Bonchev–Trinajstić information content (AvgIpc) is 2.71. The van der Waals surface area contributed by atoms with E-state index in [1.165, 1.54) is 12.0 Å². The number of ether oxygens (including phenoxy) is 2. The molecular weight excluding hydrogens is 340 g/mol. The van der Waals surface area contributed by atoms with Gasteiger partial charge >= 0.3 is 11.9 Å². The van der Waals surface area contributed by atoms with Crippen LogP contribution in [0.15, 0.2) is 48.5 Å². The molecule has 1 fully saturated rings. The monoisotopic (exact) mass is 366 g/mol. The second-order valence-electron chi connectivity index (χ2n) is 7.06. The van der Waals surface area contributed by atoms with E-state index in [0.29, 0.717) is 17.1 Å². The average molecular weight is 366 g/mol. The van der Waals surface area contributed by atoms with Gasteiger partial charge in [0.25, 0.3) is 0 Å². The van der Waals surface area contributed by atoms with Gasteiger partial charge in [-0.25, -0.2) is 4.79 Å². The number of rotatable bonds is 6. The van der Waals surface area contributed by atoms with Crippen LogP contribution in [0.2, 0.25) is 0 Å². The lowest BCUT2D eigenvalue weighted by Gasteiger charge is -2.19. The van der Waals surface area contributed by atoms with E-state index < -0.39 is 5.97 Å². The summed E-state index contributed by atoms with van der Waals surface area (Å²) in [6, 6.07) is 14.1. The van der Waals surface area contributed by atoms with E-state index in [2.05, 4.69) is 6.92 Å². The molecule has 0 heterocycles. The van der Waals surface area contributed by atoms with Crippen LogP contribution in [0.5, 0.6) is 11.5 Å². The Hall–Kier alpha value is -2.62. The predicted molar refractivity (Wildman–Crippen MR) is 104 cm³/mol. The summed E-state index contributed by atoms with van der Waals surface area (Å²) < 4.78 is 10.9. The molecule has 27 heavy (non-hydrogen) atoms. The van der Waals surface area contributed by atoms with Crippen molar-refractivity contribution in [1.82, 2.24) is 0 Å². The first-order chi connectivity index (χ1) is 13.2. The molecule has 1 aliphatic carbocycles. The van der Waals surface area contributed by atoms with E-state index in [1.807, 2.05) is 24.3 Å². The number of benzene rings is 2. The van der Waals surface area contributed by atoms with Crippen LogP contribution in [0.25, 0.3) is 0 Å². The van der Waals surface area contributed by atoms with Gasteiger partial charge in [-0.2, -0.15) is 0 Å². The Kier molecular flexibility index (Phi) is 6.64. The van der Waals surface area contributed by atoms with E-state index in [1.54, 1.807) is 24.3 Å². The van der Waals surface area contributed by atoms with E-state index in [4.69, 9.17) is 9.47 Å². The third kappa shape index (κ3) is 5.43. The minimum atomic E-state index is -0.427. The molecule has 3 rings (SSSR count). The Morgan fingerprint density at radius 1 is 0.852 bits per heavy atom. The summed E-state index contributed by atoms with van der Waals surface area (Å²) in [6.07, 6.45) is 7.27. The third-order valence-electron chi connectivity index (χ3n) is 4.92. The summed E-state index contributed by atoms with van der Waals surface area (Å²) in [5.74, 6) is 0.387. The van der Waals surface area contributed by atoms with Gasteiger partial charge in [0.2, 0.25) is 0 Å². The van der Waals surface area contributed by atoms with Crippen molar-refractivity contribution in [2.75, 3.05) is 0 Å². The zero-order chi connectivity index (χ0) is 19.1. The fourth-order valence-electron chi connectivity index (χ4n) is 3.38. The van der Waals surface area contributed by atoms with Crippen LogP contribution in [0.3, 0.4) is 0 Å². The largest absolute Gasteiger partial charge is 0.426 e. The quantitative estimate of drug-likeness (QED) is 0.511. The summed E-state index contributed by atoms with van der Waals surface area (Å²) in [4.78, 5) is 24.5. The first-order valence-corrected chi connectivity index (χ1v) is 9.78. The van der Waals surface area contributed by atoms with Gasteiger partial charge in [0.05, 0.1) is 11.5 Å². The SMILES string of the molecule is CCCc1ccc(OC(=O)c2ccc(OC(=O)C3CCCCC3)cc2)cc1. The zero-order valence-electron chi connectivity index (χ0n) is 15.8. The molecule has 2 aromatic carbocycles. The minimum Gasteiger partial charge on any atom is -0.426 e. The Morgan fingerprint density at radius 3 is 2.07 bits per heavy atom. The van der Waals surface area contributed by atoms with Crippen LogP contribution < -0.4 is 9.47 Å². The normalized spacial score (nSPS) is 14.6. The molecule has 142 valence electrons. The van der Waals surface area contributed by atoms with Crippen molar-refractivity contribution in [3.8, 4) is 11.5 Å². The number of carbonyl (C=O) groups is 2. The molecule has 0 amide bonds. The Labute approximate surface area is 160 Å². The maximum Gasteiger partial charge on any atom is 0.343 e. The van der Waals surface area contributed by atoms with E-state index >= 15 is 0 Å². The second kappa shape index (κ2) is 9.36. The zero-order valence-corrected chi connectivity index (χ0v) is 15.8. The Morgan fingerprint density at radius 2 is 1.44 bits per heavy atom. The van der Waals surface area contributed by atoms with Crippen molar-refractivity contribution in [3.63, 3.8) is 0 Å². The lowest BCUT2D eigenvalue weighted by molar-refractivity contribution is -0.139. The van der Waals surface area contributed by atoms with Gasteiger partial charge in [0.15, 0.2) is 0 Å². The van der Waals surface area contributed by atoms with E-state index in [-0.39, 0.29) is 11.9 Å². The van der Waals surface area contributed by atoms with Crippen molar-refractivity contribution in [2.24, 2.45) is 5.92 Å². The first kappa shape index (κ1) is 19.2. The van der Waals surface area contributed by atoms with Gasteiger partial charge in [-0.1, -0.05) is 44.7 Å². The standard InChI is InChI=1S/C23H26O4/c1-2-6-17-9-13-20(14-10-17)26-23(25)19-11-15-21(16-12-19)27-22(24)18-7-4-3-5-8-18/h9-16,18H,2-8H2,1H3. The predicted octanol–water partition coefficient (Wildman–Crippen LogP) is 5.34. The highest BCUT2D eigenvalue weighted by Gasteiger charge is 2.23. The molecule has 0 saturated heterocycles. The molecule has 0 N–H and O–H groups in total. The van der Waals surface area contributed by atoms with Crippen LogP contribution in [-0.2, 0) is 11.2 Å². The number of hydrogen-bond acceptors (Lipinski definition) is 4. The topological polar surface area (TPSA) is 52.6 Å². The molecule has 0 spiro atoms. The molecule has 0 atom stereocenters. The first-order valence-electron chi connectivity index (χ1n) is 9.78. The number of aryl methyl sites for hydroxylation is 1. The molecule has 1 saturated carbocycles. The summed E-state index contributed by atoms with van der Waals surface area (Å²) in [5, 5.41) is 0. The van der Waals surface area contributed by atoms with Crippen molar-refractivity contribution in [1.29, 1.82) is 0 Å². The van der Waals surface area contributed by atoms with Crippen LogP contribution in [0.4, 0.5) is 0 Å². The van der Waals surface area contributed by atoms with Crippen molar-refractivity contribution in [3.05, 3.63) is 59.7 Å². The lowest BCUT2D eigenvalue weighted by atomic mass is 9.89. The fraction of sp³-hybridized carbons (Fsp3) is 0.391. The van der Waals surface area contributed by atoms with Crippen LogP contribution >= 0.6 is 0 Å². The highest BCUT2D eigenvalue weighted by atomic mass is 16.5. The molecule has 0 unspecified atom stereocenters. The van der Waals surface area contributed by atoms with Gasteiger partial charge in [0.1, 0.15) is 11.5 Å². The molecule has 4 nitrogen and oxygen atoms in total. The summed E-state index contributed by atoms with van der Waals surface area (Å²) in [5.41, 5.74) is 1.64. The van der Waals surface area contributed by atoms with Crippen LogP contribution in [-0.4, -0.2) is 11.9 Å². The Bertz CT molecular complexity index is 756. The molecule has 0 aromatic heterocycles. The van der Waals surface area contributed by atoms with Crippen molar-refractivity contribution in [2.45, 2.75) is 51.9 Å². The molecule has 4 heteroatoms. The fourth-order valence-corrected chi connectivity index (χ4v) is 3.38. The summed E-state index contributed by atoms with van der Waals surface area (Å²) in [7, 11) is 0. The number of carbonyl (C=O) groups excluding carboxylic acids is 2. The maximum atomic E-state index is 12.3. The smallest absolute Gasteiger partial charge is 0.343 e. The summed E-state index contributed by atoms with van der Waals surface area (Å²) >= 11 is 0. The molecule has 0 aliphatic heterocycles. The van der Waals surface area contributed by atoms with E-state index in [0.717, 1.165) is 38.5 Å². The van der Waals surface area contributed by atoms with Gasteiger partial charge < -0.3 is 9.47 Å². The number of hydrogen-bond donors (Lipinski definition) is 0. The molecule has 0 radical (unpaired) electrons. The van der Waals surface area contributed by atoms with Gasteiger partial charge in [-0.15, -0.1) is 0 Å². The van der Waals surface area contributed by atoms with Gasteiger partial charge in [-0.05, 0) is 61.2 Å². The highest BCUT2D eigenvalue weighted by Crippen LogP contribution is 2.26. The third-order valence-corrected chi connectivity index (χ3v) is 4.92. The lowest BCUT2D eigenvalue weighted by Crippen LogP contribution is -2.22. The van der Waals surface area contributed by atoms with Gasteiger partial charge in [0, 0.05) is 0 Å². The Balaban J connectivity index is 1.55. The van der Waals surface area contributed by atoms with Crippen LogP contribution in [0, 0.1) is 5.92 Å². The van der Waals surface area contributed by atoms with E-state index in [9.17, 15) is 9.59 Å². The molecule has 2 aromatic rings. The van der Waals surface area contributed by atoms with Crippen molar-refractivity contribution < 1.29 is 19.1 Å². The molecule has 1 aliphatic rings. The van der Waals surface area contributed by atoms with Crippen molar-refractivity contribution >= 4 is 11.9 Å². The number of esters is 2. The van der Waals surface area contributed by atoms with Crippen LogP contribution in [0.1, 0.15) is 61.4 Å². The second-order valence-corrected chi connectivity index (χ2v) is 7.06. The summed E-state index contributed by atoms with van der Waals surface area (Å²) in [6.45, 7) is 2.13. The minimum absolute atomic E-state index is 0.000859. The molecule has 0 bridgehead atoms. The van der Waals surface area contributed by atoms with Gasteiger partial charge in [-0.3, -0.25) is 4.79 Å². The molecular formula is C23H26O4.